The summed E-state index contributed by atoms with van der Waals surface area (Å²) in [6, 6.07) is 17.9. The highest BCUT2D eigenvalue weighted by atomic mass is 16.6. The van der Waals surface area contributed by atoms with Crippen LogP contribution in [0.25, 0.3) is 5.82 Å². The molecular weight excluding hydrogens is 442 g/mol. The molecule has 7 nitrogen and oxygen atoms in total. The van der Waals surface area contributed by atoms with Crippen LogP contribution in [0.3, 0.4) is 0 Å². The molecule has 7 heteroatoms. The van der Waals surface area contributed by atoms with Crippen LogP contribution >= 0.6 is 0 Å². The van der Waals surface area contributed by atoms with Crippen LogP contribution in [0.5, 0.6) is 0 Å². The molecule has 3 aromatic rings. The zero-order valence-electron chi connectivity index (χ0n) is 21.2. The summed E-state index contributed by atoms with van der Waals surface area (Å²) in [6.07, 6.45) is 1.18. The molecule has 0 radical (unpaired) electrons. The number of ether oxygens (including phenoxy) is 3. The number of carbonyl (C=O) groups excluding carboxylic acids is 1. The first-order valence-electron chi connectivity index (χ1n) is 12.1. The van der Waals surface area contributed by atoms with Crippen LogP contribution in [0, 0.1) is 13.8 Å². The number of morpholine rings is 1. The number of aryl methyl sites for hydroxylation is 2. The Bertz CT molecular complexity index is 1100. The average Bonchev–Trinajstić information content (AvgIpc) is 3.17. The molecule has 0 N–H and O–H groups in total. The highest BCUT2D eigenvalue weighted by molar-refractivity contribution is 5.69. The van der Waals surface area contributed by atoms with E-state index in [0.29, 0.717) is 26.4 Å². The van der Waals surface area contributed by atoms with Crippen molar-refractivity contribution in [1.82, 2.24) is 14.5 Å². The van der Waals surface area contributed by atoms with Gasteiger partial charge < -0.3 is 18.8 Å². The van der Waals surface area contributed by atoms with Crippen LogP contribution in [0.2, 0.25) is 0 Å². The molecule has 2 aromatic heterocycles. The molecule has 4 rings (SSSR count). The van der Waals surface area contributed by atoms with Gasteiger partial charge in [-0.25, -0.2) is 9.78 Å². The van der Waals surface area contributed by atoms with Crippen LogP contribution < -0.4 is 0 Å². The van der Waals surface area contributed by atoms with Crippen molar-refractivity contribution in [2.75, 3.05) is 19.8 Å². The van der Waals surface area contributed by atoms with E-state index in [1.54, 1.807) is 4.90 Å². The van der Waals surface area contributed by atoms with Gasteiger partial charge in [-0.1, -0.05) is 36.4 Å². The average molecular weight is 478 g/mol. The molecule has 2 atom stereocenters. The molecule has 35 heavy (non-hydrogen) atoms. The Balaban J connectivity index is 1.46. The van der Waals surface area contributed by atoms with Crippen LogP contribution in [-0.2, 0) is 20.8 Å². The standard InChI is InChI=1S/C28H35N3O4/c1-20-11-12-21(2)31(20)26-14-13-23(15-29-26)25-16-30(27(32)35-28(3,4)5)24(19-34-25)18-33-17-22-9-7-6-8-10-22/h6-15,24-25H,16-19H2,1-5H3/t24-,25-/m0/s1. The molecule has 1 amide bonds. The Labute approximate surface area is 207 Å². The highest BCUT2D eigenvalue weighted by Gasteiger charge is 2.36. The number of pyridine rings is 1. The maximum atomic E-state index is 13.1. The third-order valence-electron chi connectivity index (χ3n) is 5.99. The van der Waals surface area contributed by atoms with E-state index in [4.69, 9.17) is 14.2 Å². The molecule has 0 saturated carbocycles. The van der Waals surface area contributed by atoms with Gasteiger partial charge in [0.25, 0.3) is 0 Å². The number of carbonyl (C=O) groups is 1. The lowest BCUT2D eigenvalue weighted by Crippen LogP contribution is -2.53. The molecule has 186 valence electrons. The van der Waals surface area contributed by atoms with Gasteiger partial charge in [-0.2, -0.15) is 0 Å². The fraction of sp³-hybridized carbons (Fsp3) is 0.429. The number of rotatable bonds is 6. The molecule has 1 saturated heterocycles. The fourth-order valence-electron chi connectivity index (χ4n) is 4.22. The van der Waals surface area contributed by atoms with E-state index in [-0.39, 0.29) is 18.2 Å². The van der Waals surface area contributed by atoms with Crippen LogP contribution in [0.15, 0.2) is 60.8 Å². The summed E-state index contributed by atoms with van der Waals surface area (Å²) >= 11 is 0. The molecular formula is C28H35N3O4. The van der Waals surface area contributed by atoms with Crippen molar-refractivity contribution in [1.29, 1.82) is 0 Å². The molecule has 1 fully saturated rings. The van der Waals surface area contributed by atoms with E-state index in [0.717, 1.165) is 28.3 Å². The lowest BCUT2D eigenvalue weighted by Gasteiger charge is -2.40. The van der Waals surface area contributed by atoms with Crippen LogP contribution in [-0.4, -0.2) is 51.9 Å². The topological polar surface area (TPSA) is 65.8 Å². The molecule has 0 bridgehead atoms. The van der Waals surface area contributed by atoms with Gasteiger partial charge in [0.15, 0.2) is 0 Å². The SMILES string of the molecule is Cc1ccc(C)n1-c1ccc([C@@H]2CN(C(=O)OC(C)(C)C)[C@@H](COCc3ccccc3)CO2)cn1. The van der Waals surface area contributed by atoms with E-state index < -0.39 is 5.60 Å². The maximum Gasteiger partial charge on any atom is 0.410 e. The second-order valence-corrected chi connectivity index (χ2v) is 10.0. The summed E-state index contributed by atoms with van der Waals surface area (Å²) in [5.41, 5.74) is 3.69. The Hall–Kier alpha value is -3.16. The van der Waals surface area contributed by atoms with Gasteiger partial charge in [0.2, 0.25) is 0 Å². The number of benzene rings is 1. The second kappa shape index (κ2) is 10.6. The summed E-state index contributed by atoms with van der Waals surface area (Å²) < 4.78 is 20.0. The maximum absolute atomic E-state index is 13.1. The van der Waals surface area contributed by atoms with Gasteiger partial charge in [-0.15, -0.1) is 0 Å². The highest BCUT2D eigenvalue weighted by Crippen LogP contribution is 2.27. The molecule has 1 aliphatic rings. The summed E-state index contributed by atoms with van der Waals surface area (Å²) in [6.45, 7) is 11.3. The molecule has 0 unspecified atom stereocenters. The minimum atomic E-state index is -0.587. The third kappa shape index (κ3) is 6.29. The van der Waals surface area contributed by atoms with Gasteiger partial charge in [-0.3, -0.25) is 4.90 Å². The predicted octanol–water partition coefficient (Wildman–Crippen LogP) is 5.38. The number of hydrogen-bond donors (Lipinski definition) is 0. The van der Waals surface area contributed by atoms with Gasteiger partial charge in [-0.05, 0) is 58.4 Å². The molecule has 1 aromatic carbocycles. The van der Waals surface area contributed by atoms with Gasteiger partial charge in [0.05, 0.1) is 32.4 Å². The zero-order chi connectivity index (χ0) is 25.0. The number of amides is 1. The molecule has 0 aliphatic carbocycles. The number of hydrogen-bond acceptors (Lipinski definition) is 5. The minimum absolute atomic E-state index is 0.234. The van der Waals surface area contributed by atoms with E-state index in [1.165, 1.54) is 0 Å². The fourth-order valence-corrected chi connectivity index (χ4v) is 4.22. The lowest BCUT2D eigenvalue weighted by atomic mass is 10.1. The third-order valence-corrected chi connectivity index (χ3v) is 5.99. The zero-order valence-corrected chi connectivity index (χ0v) is 21.2. The van der Waals surface area contributed by atoms with Crippen molar-refractivity contribution in [2.45, 2.75) is 59.0 Å². The monoisotopic (exact) mass is 477 g/mol. The summed E-state index contributed by atoms with van der Waals surface area (Å²) in [7, 11) is 0. The van der Waals surface area contributed by atoms with Crippen molar-refractivity contribution in [3.05, 3.63) is 83.3 Å². The Morgan fingerprint density at radius 2 is 1.77 bits per heavy atom. The first-order chi connectivity index (χ1) is 16.7. The van der Waals surface area contributed by atoms with E-state index >= 15 is 0 Å². The summed E-state index contributed by atoms with van der Waals surface area (Å²) in [4.78, 5) is 19.5. The van der Waals surface area contributed by atoms with E-state index in [2.05, 4.69) is 35.5 Å². The normalized spacial score (nSPS) is 18.5. The lowest BCUT2D eigenvalue weighted by molar-refractivity contribution is -0.0907. The Kier molecular flexibility index (Phi) is 7.57. The number of nitrogens with zero attached hydrogens (tertiary/aromatic N) is 3. The quantitative estimate of drug-likeness (QED) is 0.477. The Morgan fingerprint density at radius 3 is 2.40 bits per heavy atom. The summed E-state index contributed by atoms with van der Waals surface area (Å²) in [5, 5.41) is 0. The molecule has 3 heterocycles. The van der Waals surface area contributed by atoms with Crippen LogP contribution in [0.1, 0.15) is 49.4 Å². The van der Waals surface area contributed by atoms with Gasteiger partial charge in [0.1, 0.15) is 17.5 Å². The number of aromatic nitrogens is 2. The first kappa shape index (κ1) is 24.9. The summed E-state index contributed by atoms with van der Waals surface area (Å²) in [5.74, 6) is 0.862. The molecule has 0 spiro atoms. The van der Waals surface area contributed by atoms with Crippen molar-refractivity contribution in [3.63, 3.8) is 0 Å². The van der Waals surface area contributed by atoms with Crippen molar-refractivity contribution >= 4 is 6.09 Å². The smallest absolute Gasteiger partial charge is 0.410 e. The second-order valence-electron chi connectivity index (χ2n) is 10.0. The molecule has 1 aliphatic heterocycles. The van der Waals surface area contributed by atoms with Gasteiger partial charge in [0, 0.05) is 23.1 Å². The first-order valence-corrected chi connectivity index (χ1v) is 12.1. The minimum Gasteiger partial charge on any atom is -0.444 e. The largest absolute Gasteiger partial charge is 0.444 e. The van der Waals surface area contributed by atoms with Gasteiger partial charge >= 0.3 is 6.09 Å². The predicted molar refractivity (Wildman–Crippen MR) is 135 cm³/mol. The Morgan fingerprint density at radius 1 is 1.06 bits per heavy atom. The van der Waals surface area contributed by atoms with Crippen LogP contribution in [0.4, 0.5) is 4.79 Å². The van der Waals surface area contributed by atoms with Crippen molar-refractivity contribution in [2.24, 2.45) is 0 Å². The van der Waals surface area contributed by atoms with Crippen molar-refractivity contribution < 1.29 is 19.0 Å². The van der Waals surface area contributed by atoms with Crippen molar-refractivity contribution in [3.8, 4) is 5.82 Å². The van der Waals surface area contributed by atoms with E-state index in [9.17, 15) is 4.79 Å². The van der Waals surface area contributed by atoms with E-state index in [1.807, 2.05) is 69.4 Å².